The average Bonchev–Trinajstić information content (AvgIpc) is 2.75. The fourth-order valence-corrected chi connectivity index (χ4v) is 2.74. The number of hydrogen-bond donors (Lipinski definition) is 2. The molecular weight excluding hydrogens is 354 g/mol. The Morgan fingerprint density at radius 1 is 0.964 bits per heavy atom. The molecule has 0 saturated carbocycles. The third kappa shape index (κ3) is 4.79. The summed E-state index contributed by atoms with van der Waals surface area (Å²) in [6.07, 6.45) is 1.62. The first-order valence-corrected chi connectivity index (χ1v) is 8.91. The van der Waals surface area contributed by atoms with Crippen LogP contribution in [0.15, 0.2) is 66.9 Å². The van der Waals surface area contributed by atoms with E-state index < -0.39 is 0 Å². The Bertz CT molecular complexity index is 905. The summed E-state index contributed by atoms with van der Waals surface area (Å²) in [5.74, 6) is 1.57. The molecule has 0 bridgehead atoms. The molecule has 0 saturated heterocycles. The average molecular weight is 377 g/mol. The molecule has 0 aliphatic rings. The van der Waals surface area contributed by atoms with Crippen LogP contribution in [0.1, 0.15) is 28.9 Å². The molecule has 3 aromatic rings. The standard InChI is InChI=1S/C22H23N3O3/c1-15(16-7-5-4-6-8-16)24-21-10-9-18(14-23-21)25-22(26)17-11-19(27-2)13-20(12-17)28-3/h4-15H,1-3H3,(H,23,24)(H,25,26). The highest BCUT2D eigenvalue weighted by Gasteiger charge is 2.11. The van der Waals surface area contributed by atoms with Crippen molar-refractivity contribution in [2.75, 3.05) is 24.9 Å². The number of benzene rings is 2. The maximum atomic E-state index is 12.5. The smallest absolute Gasteiger partial charge is 0.255 e. The molecule has 0 aliphatic carbocycles. The summed E-state index contributed by atoms with van der Waals surface area (Å²) in [5.41, 5.74) is 2.22. The number of anilines is 2. The Labute approximate surface area is 164 Å². The molecule has 1 atom stereocenters. The molecule has 2 N–H and O–H groups in total. The van der Waals surface area contributed by atoms with Gasteiger partial charge in [-0.05, 0) is 36.8 Å². The molecule has 0 spiro atoms. The van der Waals surface area contributed by atoms with Crippen molar-refractivity contribution < 1.29 is 14.3 Å². The van der Waals surface area contributed by atoms with Crippen molar-refractivity contribution in [2.24, 2.45) is 0 Å². The maximum absolute atomic E-state index is 12.5. The fraction of sp³-hybridized carbons (Fsp3) is 0.182. The number of pyridine rings is 1. The zero-order valence-electron chi connectivity index (χ0n) is 16.1. The van der Waals surface area contributed by atoms with Gasteiger partial charge in [0, 0.05) is 17.7 Å². The van der Waals surface area contributed by atoms with Gasteiger partial charge < -0.3 is 20.1 Å². The van der Waals surface area contributed by atoms with E-state index in [9.17, 15) is 4.79 Å². The van der Waals surface area contributed by atoms with Gasteiger partial charge in [0.1, 0.15) is 17.3 Å². The van der Waals surface area contributed by atoms with Crippen LogP contribution in [0.2, 0.25) is 0 Å². The second-order valence-corrected chi connectivity index (χ2v) is 6.26. The van der Waals surface area contributed by atoms with Gasteiger partial charge >= 0.3 is 0 Å². The van der Waals surface area contributed by atoms with Crippen molar-refractivity contribution in [3.8, 4) is 11.5 Å². The predicted octanol–water partition coefficient (Wildman–Crippen LogP) is 4.52. The van der Waals surface area contributed by atoms with Gasteiger partial charge in [-0.1, -0.05) is 30.3 Å². The maximum Gasteiger partial charge on any atom is 0.255 e. The van der Waals surface area contributed by atoms with Crippen LogP contribution >= 0.6 is 0 Å². The van der Waals surface area contributed by atoms with E-state index in [4.69, 9.17) is 9.47 Å². The molecule has 1 heterocycles. The Balaban J connectivity index is 1.66. The Kier molecular flexibility index (Phi) is 6.11. The van der Waals surface area contributed by atoms with Gasteiger partial charge in [-0.15, -0.1) is 0 Å². The second-order valence-electron chi connectivity index (χ2n) is 6.26. The van der Waals surface area contributed by atoms with Crippen LogP contribution in [-0.2, 0) is 0 Å². The fourth-order valence-electron chi connectivity index (χ4n) is 2.74. The molecule has 6 nitrogen and oxygen atoms in total. The van der Waals surface area contributed by atoms with Crippen molar-refractivity contribution in [1.82, 2.24) is 4.98 Å². The highest BCUT2D eigenvalue weighted by atomic mass is 16.5. The number of rotatable bonds is 7. The molecular formula is C22H23N3O3. The van der Waals surface area contributed by atoms with E-state index in [1.54, 1.807) is 38.6 Å². The molecule has 0 radical (unpaired) electrons. The largest absolute Gasteiger partial charge is 0.497 e. The summed E-state index contributed by atoms with van der Waals surface area (Å²) < 4.78 is 10.4. The van der Waals surface area contributed by atoms with Crippen LogP contribution in [0.4, 0.5) is 11.5 Å². The third-order valence-electron chi connectivity index (χ3n) is 4.30. The number of amides is 1. The molecule has 1 amide bonds. The number of nitrogens with one attached hydrogen (secondary N) is 2. The number of hydrogen-bond acceptors (Lipinski definition) is 5. The van der Waals surface area contributed by atoms with Gasteiger partial charge in [0.25, 0.3) is 5.91 Å². The topological polar surface area (TPSA) is 72.5 Å². The molecule has 28 heavy (non-hydrogen) atoms. The van der Waals surface area contributed by atoms with Gasteiger partial charge in [-0.3, -0.25) is 4.79 Å². The lowest BCUT2D eigenvalue weighted by Crippen LogP contribution is -2.13. The van der Waals surface area contributed by atoms with Crippen LogP contribution in [0.5, 0.6) is 11.5 Å². The highest BCUT2D eigenvalue weighted by Crippen LogP contribution is 2.23. The Morgan fingerprint density at radius 2 is 1.64 bits per heavy atom. The Hall–Kier alpha value is -3.54. The summed E-state index contributed by atoms with van der Waals surface area (Å²) in [6.45, 7) is 2.07. The summed E-state index contributed by atoms with van der Waals surface area (Å²) in [5, 5.41) is 6.18. The first-order chi connectivity index (χ1) is 13.6. The van der Waals surface area contributed by atoms with Gasteiger partial charge in [-0.25, -0.2) is 4.98 Å². The van der Waals surface area contributed by atoms with E-state index in [1.165, 1.54) is 5.56 Å². The molecule has 144 valence electrons. The first kappa shape index (κ1) is 19.2. The number of aromatic nitrogens is 1. The van der Waals surface area contributed by atoms with Crippen molar-refractivity contribution in [3.63, 3.8) is 0 Å². The van der Waals surface area contributed by atoms with Crippen LogP contribution in [-0.4, -0.2) is 25.1 Å². The molecule has 0 aliphatic heterocycles. The Morgan fingerprint density at radius 3 is 2.21 bits per heavy atom. The quantitative estimate of drug-likeness (QED) is 0.633. The van der Waals surface area contributed by atoms with E-state index in [2.05, 4.69) is 34.7 Å². The molecule has 1 aromatic heterocycles. The zero-order chi connectivity index (χ0) is 19.9. The van der Waals surface area contributed by atoms with E-state index in [1.807, 2.05) is 30.3 Å². The number of ether oxygens (including phenoxy) is 2. The van der Waals surface area contributed by atoms with Crippen LogP contribution < -0.4 is 20.1 Å². The normalized spacial score (nSPS) is 11.4. The van der Waals surface area contributed by atoms with Crippen LogP contribution in [0, 0.1) is 0 Å². The van der Waals surface area contributed by atoms with Crippen molar-refractivity contribution in [2.45, 2.75) is 13.0 Å². The summed E-state index contributed by atoms with van der Waals surface area (Å²) in [6, 6.07) is 18.9. The lowest BCUT2D eigenvalue weighted by Gasteiger charge is -2.15. The van der Waals surface area contributed by atoms with Crippen molar-refractivity contribution >= 4 is 17.4 Å². The molecule has 2 aromatic carbocycles. The molecule has 3 rings (SSSR count). The first-order valence-electron chi connectivity index (χ1n) is 8.91. The predicted molar refractivity (Wildman–Crippen MR) is 110 cm³/mol. The summed E-state index contributed by atoms with van der Waals surface area (Å²) in [7, 11) is 3.09. The van der Waals surface area contributed by atoms with E-state index in [-0.39, 0.29) is 11.9 Å². The van der Waals surface area contributed by atoms with E-state index in [0.29, 0.717) is 22.7 Å². The number of nitrogens with zero attached hydrogens (tertiary/aromatic N) is 1. The lowest BCUT2D eigenvalue weighted by atomic mass is 10.1. The molecule has 6 heteroatoms. The minimum atomic E-state index is -0.266. The minimum Gasteiger partial charge on any atom is -0.497 e. The number of methoxy groups -OCH3 is 2. The van der Waals surface area contributed by atoms with Gasteiger partial charge in [0.15, 0.2) is 0 Å². The highest BCUT2D eigenvalue weighted by molar-refractivity contribution is 6.04. The van der Waals surface area contributed by atoms with Gasteiger partial charge in [-0.2, -0.15) is 0 Å². The summed E-state index contributed by atoms with van der Waals surface area (Å²) in [4.78, 5) is 16.9. The summed E-state index contributed by atoms with van der Waals surface area (Å²) >= 11 is 0. The molecule has 0 fully saturated rings. The van der Waals surface area contributed by atoms with E-state index >= 15 is 0 Å². The van der Waals surface area contributed by atoms with Crippen molar-refractivity contribution in [3.05, 3.63) is 78.0 Å². The van der Waals surface area contributed by atoms with E-state index in [0.717, 1.165) is 5.82 Å². The third-order valence-corrected chi connectivity index (χ3v) is 4.30. The zero-order valence-corrected chi connectivity index (χ0v) is 16.1. The van der Waals surface area contributed by atoms with Crippen molar-refractivity contribution in [1.29, 1.82) is 0 Å². The monoisotopic (exact) mass is 377 g/mol. The van der Waals surface area contributed by atoms with Gasteiger partial charge in [0.2, 0.25) is 0 Å². The molecule has 1 unspecified atom stereocenters. The second kappa shape index (κ2) is 8.90. The SMILES string of the molecule is COc1cc(OC)cc(C(=O)Nc2ccc(NC(C)c3ccccc3)nc2)c1. The number of carbonyl (C=O) groups excluding carboxylic acids is 1. The van der Waals surface area contributed by atoms with Crippen LogP contribution in [0.25, 0.3) is 0 Å². The number of carbonyl (C=O) groups is 1. The lowest BCUT2D eigenvalue weighted by molar-refractivity contribution is 0.102. The van der Waals surface area contributed by atoms with Gasteiger partial charge in [0.05, 0.1) is 26.1 Å². The minimum absolute atomic E-state index is 0.124. The van der Waals surface area contributed by atoms with Crippen LogP contribution in [0.3, 0.4) is 0 Å².